The van der Waals surface area contributed by atoms with Crippen molar-refractivity contribution in [1.82, 2.24) is 9.88 Å². The third-order valence-corrected chi connectivity index (χ3v) is 6.10. The van der Waals surface area contributed by atoms with Gasteiger partial charge in [-0.15, -0.1) is 13.2 Å². The monoisotopic (exact) mass is 320 g/mol. The maximum atomic E-state index is 4.12. The van der Waals surface area contributed by atoms with Crippen LogP contribution in [0.4, 0.5) is 0 Å². The predicted octanol–water partition coefficient (Wildman–Crippen LogP) is 5.39. The number of fused-ring (bicyclic) bond motifs is 5. The standard InChI is InChI=1S/C22H28N2/c1-3-5-6-11-20-16(4-2)12-13-21-22-18(14-15-24(20)21)17-9-7-8-10-19(17)23-22/h3-4,7-10,16,20-21,23H,1-2,5-6,11-15H2/t16-,20+,21+/m1/s1. The van der Waals surface area contributed by atoms with Crippen LogP contribution in [0, 0.1) is 5.92 Å². The van der Waals surface area contributed by atoms with E-state index >= 15 is 0 Å². The Morgan fingerprint density at radius 2 is 2.08 bits per heavy atom. The van der Waals surface area contributed by atoms with E-state index in [2.05, 4.69) is 59.5 Å². The van der Waals surface area contributed by atoms with E-state index in [0.717, 1.165) is 12.8 Å². The number of hydrogen-bond donors (Lipinski definition) is 1. The molecule has 0 amide bonds. The number of para-hydroxylation sites is 1. The average Bonchev–Trinajstić information content (AvgIpc) is 3.01. The highest BCUT2D eigenvalue weighted by molar-refractivity contribution is 5.85. The number of nitrogens with one attached hydrogen (secondary N) is 1. The molecule has 0 spiro atoms. The van der Waals surface area contributed by atoms with Crippen LogP contribution in [0.15, 0.2) is 49.6 Å². The molecule has 3 heterocycles. The molecule has 0 saturated carbocycles. The number of unbranched alkanes of at least 4 members (excludes halogenated alkanes) is 1. The highest BCUT2D eigenvalue weighted by Gasteiger charge is 2.40. The van der Waals surface area contributed by atoms with Crippen LogP contribution in [0.2, 0.25) is 0 Å². The Kier molecular flexibility index (Phi) is 4.32. The molecule has 0 radical (unpaired) electrons. The maximum absolute atomic E-state index is 4.12. The molecule has 2 heteroatoms. The van der Waals surface area contributed by atoms with Gasteiger partial charge >= 0.3 is 0 Å². The van der Waals surface area contributed by atoms with Crippen LogP contribution in [0.5, 0.6) is 0 Å². The minimum atomic E-state index is 0.561. The van der Waals surface area contributed by atoms with Crippen LogP contribution in [0.3, 0.4) is 0 Å². The lowest BCUT2D eigenvalue weighted by Crippen LogP contribution is -2.49. The van der Waals surface area contributed by atoms with E-state index in [1.165, 1.54) is 48.8 Å². The third-order valence-electron chi connectivity index (χ3n) is 6.10. The van der Waals surface area contributed by atoms with Crippen LogP contribution < -0.4 is 0 Å². The molecule has 4 rings (SSSR count). The summed E-state index contributed by atoms with van der Waals surface area (Å²) < 4.78 is 0. The number of rotatable bonds is 5. The zero-order valence-electron chi connectivity index (χ0n) is 14.5. The van der Waals surface area contributed by atoms with E-state index in [0.29, 0.717) is 18.0 Å². The molecule has 2 nitrogen and oxygen atoms in total. The summed E-state index contributed by atoms with van der Waals surface area (Å²) in [7, 11) is 0. The summed E-state index contributed by atoms with van der Waals surface area (Å²) in [4.78, 5) is 6.53. The zero-order chi connectivity index (χ0) is 16.5. The zero-order valence-corrected chi connectivity index (χ0v) is 14.5. The normalized spacial score (nSPS) is 26.8. The largest absolute Gasteiger partial charge is 0.357 e. The second kappa shape index (κ2) is 6.60. The van der Waals surface area contributed by atoms with Crippen LogP contribution >= 0.6 is 0 Å². The number of nitrogens with zero attached hydrogens (tertiary/aromatic N) is 1. The Bertz CT molecular complexity index is 742. The van der Waals surface area contributed by atoms with Crippen molar-refractivity contribution < 1.29 is 0 Å². The van der Waals surface area contributed by atoms with E-state index in [1.54, 1.807) is 5.56 Å². The Hall–Kier alpha value is -1.80. The number of allylic oxidation sites excluding steroid dienone is 1. The van der Waals surface area contributed by atoms with Crippen molar-refractivity contribution in [3.05, 3.63) is 60.8 Å². The first-order valence-electron chi connectivity index (χ1n) is 9.42. The molecule has 1 aromatic carbocycles. The quantitative estimate of drug-likeness (QED) is 0.578. The van der Waals surface area contributed by atoms with E-state index in [-0.39, 0.29) is 0 Å². The van der Waals surface area contributed by atoms with Gasteiger partial charge in [0, 0.05) is 29.2 Å². The SMILES string of the molecule is C=CCCC[C@H]1[C@H](C=C)CC[C@H]2c3[nH]c4ccccc4c3CCN21. The molecular weight excluding hydrogens is 292 g/mol. The second-order valence-corrected chi connectivity index (χ2v) is 7.33. The Labute approximate surface area is 145 Å². The molecule has 2 aliphatic heterocycles. The van der Waals surface area contributed by atoms with Crippen molar-refractivity contribution in [3.63, 3.8) is 0 Å². The van der Waals surface area contributed by atoms with Gasteiger partial charge in [-0.2, -0.15) is 0 Å². The van der Waals surface area contributed by atoms with Crippen molar-refractivity contribution in [3.8, 4) is 0 Å². The van der Waals surface area contributed by atoms with Gasteiger partial charge in [-0.1, -0.05) is 30.4 Å². The van der Waals surface area contributed by atoms with E-state index in [9.17, 15) is 0 Å². The van der Waals surface area contributed by atoms with Gasteiger partial charge in [0.25, 0.3) is 0 Å². The molecule has 24 heavy (non-hydrogen) atoms. The van der Waals surface area contributed by atoms with Crippen LogP contribution in [0.1, 0.15) is 49.4 Å². The van der Waals surface area contributed by atoms with E-state index in [4.69, 9.17) is 0 Å². The third kappa shape index (κ3) is 2.53. The Balaban J connectivity index is 1.66. The Morgan fingerprint density at radius 1 is 1.21 bits per heavy atom. The number of aromatic amines is 1. The number of hydrogen-bond acceptors (Lipinski definition) is 1. The number of piperidine rings is 1. The van der Waals surface area contributed by atoms with Crippen molar-refractivity contribution in [2.75, 3.05) is 6.54 Å². The molecule has 1 fully saturated rings. The predicted molar refractivity (Wildman–Crippen MR) is 102 cm³/mol. The first kappa shape index (κ1) is 15.7. The molecule has 0 aliphatic carbocycles. The highest BCUT2D eigenvalue weighted by atomic mass is 15.2. The van der Waals surface area contributed by atoms with Gasteiger partial charge in [-0.05, 0) is 56.1 Å². The lowest BCUT2D eigenvalue weighted by atomic mass is 9.79. The fraction of sp³-hybridized carbons (Fsp3) is 0.455. The molecule has 2 aromatic rings. The summed E-state index contributed by atoms with van der Waals surface area (Å²) in [5.74, 6) is 0.636. The van der Waals surface area contributed by atoms with Gasteiger partial charge in [-0.25, -0.2) is 0 Å². The van der Waals surface area contributed by atoms with Crippen molar-refractivity contribution >= 4 is 10.9 Å². The minimum Gasteiger partial charge on any atom is -0.357 e. The van der Waals surface area contributed by atoms with Crippen LogP contribution in [-0.2, 0) is 6.42 Å². The van der Waals surface area contributed by atoms with Gasteiger partial charge in [0.1, 0.15) is 0 Å². The molecule has 1 N–H and O–H groups in total. The van der Waals surface area contributed by atoms with Crippen molar-refractivity contribution in [2.24, 2.45) is 5.92 Å². The molecule has 1 saturated heterocycles. The van der Waals surface area contributed by atoms with Crippen LogP contribution in [0.25, 0.3) is 10.9 Å². The number of aromatic nitrogens is 1. The Morgan fingerprint density at radius 3 is 2.92 bits per heavy atom. The molecule has 0 unspecified atom stereocenters. The van der Waals surface area contributed by atoms with Gasteiger partial charge in [0.15, 0.2) is 0 Å². The lowest BCUT2D eigenvalue weighted by molar-refractivity contribution is 0.0399. The fourth-order valence-corrected chi connectivity index (χ4v) is 4.96. The summed E-state index contributed by atoms with van der Waals surface area (Å²) in [5.41, 5.74) is 4.35. The summed E-state index contributed by atoms with van der Waals surface area (Å²) in [5, 5.41) is 1.43. The summed E-state index contributed by atoms with van der Waals surface area (Å²) in [6, 6.07) is 9.99. The lowest BCUT2D eigenvalue weighted by Gasteiger charge is -2.48. The minimum absolute atomic E-state index is 0.561. The van der Waals surface area contributed by atoms with Gasteiger partial charge in [0.2, 0.25) is 0 Å². The molecule has 1 aromatic heterocycles. The molecule has 2 aliphatic rings. The van der Waals surface area contributed by atoms with Crippen LogP contribution in [-0.4, -0.2) is 22.5 Å². The number of benzene rings is 1. The number of H-pyrrole nitrogens is 1. The second-order valence-electron chi connectivity index (χ2n) is 7.33. The smallest absolute Gasteiger partial charge is 0.0505 e. The topological polar surface area (TPSA) is 19.0 Å². The van der Waals surface area contributed by atoms with Gasteiger partial charge in [-0.3, -0.25) is 4.90 Å². The summed E-state index contributed by atoms with van der Waals surface area (Å²) in [6.07, 6.45) is 11.5. The first-order valence-corrected chi connectivity index (χ1v) is 9.42. The maximum Gasteiger partial charge on any atom is 0.0505 e. The van der Waals surface area contributed by atoms with Crippen molar-refractivity contribution in [1.29, 1.82) is 0 Å². The fourth-order valence-electron chi connectivity index (χ4n) is 4.96. The molecule has 3 atom stereocenters. The average molecular weight is 320 g/mol. The summed E-state index contributed by atoms with van der Waals surface area (Å²) in [6.45, 7) is 9.19. The van der Waals surface area contributed by atoms with Crippen molar-refractivity contribution in [2.45, 2.75) is 50.6 Å². The molecular formula is C22H28N2. The van der Waals surface area contributed by atoms with Gasteiger partial charge in [0.05, 0.1) is 6.04 Å². The van der Waals surface area contributed by atoms with E-state index in [1.807, 2.05) is 0 Å². The summed E-state index contributed by atoms with van der Waals surface area (Å²) >= 11 is 0. The van der Waals surface area contributed by atoms with E-state index < -0.39 is 0 Å². The molecule has 0 bridgehead atoms. The molecule has 126 valence electrons. The first-order chi connectivity index (χ1) is 11.8. The van der Waals surface area contributed by atoms with Gasteiger partial charge < -0.3 is 4.98 Å². The highest BCUT2D eigenvalue weighted by Crippen LogP contribution is 2.44.